The van der Waals surface area contributed by atoms with Crippen LogP contribution in [0, 0.1) is 13.8 Å². The predicted molar refractivity (Wildman–Crippen MR) is 120 cm³/mol. The molecule has 0 spiro atoms. The van der Waals surface area contributed by atoms with E-state index in [9.17, 15) is 14.4 Å². The third-order valence-corrected chi connectivity index (χ3v) is 6.11. The molecule has 1 atom stereocenters. The molecule has 1 aliphatic rings. The Labute approximate surface area is 188 Å². The predicted octanol–water partition coefficient (Wildman–Crippen LogP) is 4.83. The van der Waals surface area contributed by atoms with E-state index in [1.165, 1.54) is 0 Å². The summed E-state index contributed by atoms with van der Waals surface area (Å²) in [6.45, 7) is 9.85. The summed E-state index contributed by atoms with van der Waals surface area (Å²) < 4.78 is 7.03. The third kappa shape index (κ3) is 4.40. The number of aromatic nitrogens is 1. The number of nitrogens with zero attached hydrogens (tertiary/aromatic N) is 2. The molecule has 1 heterocycles. The molecular weight excluding hydrogens is 416 g/mol. The summed E-state index contributed by atoms with van der Waals surface area (Å²) in [6, 6.07) is 6.10. The van der Waals surface area contributed by atoms with Gasteiger partial charge in [0.2, 0.25) is 0 Å². The largest absolute Gasteiger partial charge is 0.461 e. The van der Waals surface area contributed by atoms with Gasteiger partial charge in [0.1, 0.15) is 5.69 Å². The van der Waals surface area contributed by atoms with Gasteiger partial charge in [0.25, 0.3) is 5.91 Å². The summed E-state index contributed by atoms with van der Waals surface area (Å²) >= 11 is 5.96. The minimum absolute atomic E-state index is 0.0422. The van der Waals surface area contributed by atoms with E-state index in [4.69, 9.17) is 16.3 Å². The lowest BCUT2D eigenvalue weighted by Gasteiger charge is -2.29. The fourth-order valence-corrected chi connectivity index (χ4v) is 4.33. The molecule has 1 fully saturated rings. The van der Waals surface area contributed by atoms with E-state index < -0.39 is 12.0 Å². The maximum absolute atomic E-state index is 13.6. The zero-order valence-corrected chi connectivity index (χ0v) is 19.5. The van der Waals surface area contributed by atoms with Crippen molar-refractivity contribution >= 4 is 29.3 Å². The van der Waals surface area contributed by atoms with Crippen molar-refractivity contribution in [2.75, 3.05) is 6.61 Å². The van der Waals surface area contributed by atoms with Crippen LogP contribution < -0.4 is 0 Å². The van der Waals surface area contributed by atoms with Crippen LogP contribution in [-0.2, 0) is 11.3 Å². The van der Waals surface area contributed by atoms with Gasteiger partial charge in [-0.1, -0.05) is 11.6 Å². The van der Waals surface area contributed by atoms with Crippen LogP contribution in [-0.4, -0.2) is 45.8 Å². The van der Waals surface area contributed by atoms with Gasteiger partial charge in [0, 0.05) is 34.4 Å². The van der Waals surface area contributed by atoms with Gasteiger partial charge in [-0.15, -0.1) is 0 Å². The van der Waals surface area contributed by atoms with Crippen LogP contribution in [0.1, 0.15) is 76.1 Å². The van der Waals surface area contributed by atoms with Crippen LogP contribution in [0.4, 0.5) is 0 Å². The molecule has 0 aliphatic heterocycles. The van der Waals surface area contributed by atoms with E-state index in [2.05, 4.69) is 0 Å². The number of carbonyl (C=O) groups excluding carboxylic acids is 3. The minimum atomic E-state index is -0.657. The van der Waals surface area contributed by atoms with Gasteiger partial charge < -0.3 is 14.2 Å². The average Bonchev–Trinajstić information content (AvgIpc) is 3.53. The molecule has 1 unspecified atom stereocenters. The normalized spacial score (nSPS) is 14.3. The van der Waals surface area contributed by atoms with Crippen molar-refractivity contribution in [2.24, 2.45) is 0 Å². The first-order valence-electron chi connectivity index (χ1n) is 10.7. The highest BCUT2D eigenvalue weighted by Gasteiger charge is 2.40. The van der Waals surface area contributed by atoms with E-state index in [0.29, 0.717) is 34.0 Å². The quantitative estimate of drug-likeness (QED) is 0.432. The van der Waals surface area contributed by atoms with E-state index in [1.807, 2.05) is 18.4 Å². The number of benzene rings is 1. The van der Waals surface area contributed by atoms with Crippen LogP contribution in [0.3, 0.4) is 0 Å². The van der Waals surface area contributed by atoms with Crippen LogP contribution in [0.5, 0.6) is 0 Å². The number of halogens is 1. The molecule has 1 amide bonds. The first kappa shape index (κ1) is 23.1. The Hall–Kier alpha value is -2.60. The van der Waals surface area contributed by atoms with E-state index in [0.717, 1.165) is 18.5 Å². The van der Waals surface area contributed by atoms with E-state index in [1.54, 1.807) is 49.9 Å². The van der Waals surface area contributed by atoms with Crippen molar-refractivity contribution in [3.63, 3.8) is 0 Å². The lowest BCUT2D eigenvalue weighted by molar-refractivity contribution is 0.0512. The third-order valence-electron chi connectivity index (χ3n) is 5.86. The van der Waals surface area contributed by atoms with Gasteiger partial charge in [0.15, 0.2) is 5.78 Å². The lowest BCUT2D eigenvalue weighted by Crippen LogP contribution is -2.45. The molecule has 6 nitrogen and oxygen atoms in total. The first-order valence-corrected chi connectivity index (χ1v) is 11.1. The highest BCUT2D eigenvalue weighted by Crippen LogP contribution is 2.33. The summed E-state index contributed by atoms with van der Waals surface area (Å²) in [4.78, 5) is 41.1. The maximum atomic E-state index is 13.6. The van der Waals surface area contributed by atoms with Crippen LogP contribution in [0.15, 0.2) is 24.3 Å². The Bertz CT molecular complexity index is 1010. The average molecular weight is 445 g/mol. The molecule has 0 N–H and O–H groups in total. The summed E-state index contributed by atoms with van der Waals surface area (Å²) in [5.74, 6) is -0.786. The fraction of sp³-hybridized carbons (Fsp3) is 0.458. The Balaban J connectivity index is 1.98. The first-order chi connectivity index (χ1) is 14.7. The molecule has 1 aliphatic carbocycles. The molecule has 166 valence electrons. The SMILES string of the molecule is CCOC(=O)c1c(C)c(C(=O)C(C)N(C(=O)c2ccc(Cl)cc2)C2CC2)c(C)n1CC. The standard InChI is InChI=1S/C24H29ClN2O4/c1-6-26-15(4)20(14(3)21(26)24(30)31-7-2)22(28)16(5)27(19-12-13-19)23(29)17-8-10-18(25)11-9-17/h8-11,16,19H,6-7,12-13H2,1-5H3. The van der Waals surface area contributed by atoms with Crippen LogP contribution in [0.2, 0.25) is 5.02 Å². The van der Waals surface area contributed by atoms with Crippen molar-refractivity contribution in [3.8, 4) is 0 Å². The molecule has 0 radical (unpaired) electrons. The highest BCUT2D eigenvalue weighted by molar-refractivity contribution is 6.30. The zero-order chi connectivity index (χ0) is 22.9. The summed E-state index contributed by atoms with van der Waals surface area (Å²) in [5, 5.41) is 0.553. The Morgan fingerprint density at radius 2 is 1.77 bits per heavy atom. The smallest absolute Gasteiger partial charge is 0.355 e. The number of Topliss-reactive ketones (excluding diaryl/α,β-unsaturated/α-hetero) is 1. The molecule has 1 saturated carbocycles. The van der Waals surface area contributed by atoms with Gasteiger partial charge in [-0.3, -0.25) is 9.59 Å². The number of hydrogen-bond acceptors (Lipinski definition) is 4. The van der Waals surface area contributed by atoms with E-state index in [-0.39, 0.29) is 24.3 Å². The molecule has 0 bridgehead atoms. The van der Waals surface area contributed by atoms with Crippen LogP contribution in [0.25, 0.3) is 0 Å². The number of amides is 1. The zero-order valence-electron chi connectivity index (χ0n) is 18.7. The van der Waals surface area contributed by atoms with Crippen molar-refractivity contribution in [1.82, 2.24) is 9.47 Å². The van der Waals surface area contributed by atoms with Gasteiger partial charge >= 0.3 is 5.97 Å². The van der Waals surface area contributed by atoms with Crippen molar-refractivity contribution < 1.29 is 19.1 Å². The van der Waals surface area contributed by atoms with Crippen LogP contribution >= 0.6 is 11.6 Å². The second-order valence-corrected chi connectivity index (χ2v) is 8.33. The fourth-order valence-electron chi connectivity index (χ4n) is 4.20. The number of esters is 1. The summed E-state index contributed by atoms with van der Waals surface area (Å²) in [7, 11) is 0. The van der Waals surface area contributed by atoms with Crippen molar-refractivity contribution in [1.29, 1.82) is 0 Å². The number of ketones is 1. The monoisotopic (exact) mass is 444 g/mol. The molecule has 2 aromatic rings. The molecule has 31 heavy (non-hydrogen) atoms. The number of rotatable bonds is 8. The van der Waals surface area contributed by atoms with Crippen molar-refractivity contribution in [2.45, 2.75) is 66.1 Å². The topological polar surface area (TPSA) is 68.6 Å². The highest BCUT2D eigenvalue weighted by atomic mass is 35.5. The molecular formula is C24H29ClN2O4. The van der Waals surface area contributed by atoms with Gasteiger partial charge in [-0.2, -0.15) is 0 Å². The molecule has 0 saturated heterocycles. The number of hydrogen-bond donors (Lipinski definition) is 0. The lowest BCUT2D eigenvalue weighted by atomic mass is 9.99. The van der Waals surface area contributed by atoms with Gasteiger partial charge in [-0.25, -0.2) is 4.79 Å². The molecule has 1 aromatic heterocycles. The minimum Gasteiger partial charge on any atom is -0.461 e. The van der Waals surface area contributed by atoms with Crippen molar-refractivity contribution in [3.05, 3.63) is 57.4 Å². The van der Waals surface area contributed by atoms with Gasteiger partial charge in [-0.05, 0) is 77.3 Å². The second kappa shape index (κ2) is 9.27. The molecule has 3 rings (SSSR count). The Morgan fingerprint density at radius 1 is 1.16 bits per heavy atom. The molecule has 1 aromatic carbocycles. The maximum Gasteiger partial charge on any atom is 0.355 e. The Morgan fingerprint density at radius 3 is 2.29 bits per heavy atom. The second-order valence-electron chi connectivity index (χ2n) is 7.89. The van der Waals surface area contributed by atoms with Gasteiger partial charge in [0.05, 0.1) is 12.6 Å². The Kier molecular flexibility index (Phi) is 6.90. The number of ether oxygens (including phenoxy) is 1. The summed E-state index contributed by atoms with van der Waals surface area (Å²) in [5.41, 5.74) is 2.72. The number of carbonyl (C=O) groups is 3. The molecule has 7 heteroatoms. The summed E-state index contributed by atoms with van der Waals surface area (Å²) in [6.07, 6.45) is 1.75. The van der Waals surface area contributed by atoms with E-state index >= 15 is 0 Å².